The lowest BCUT2D eigenvalue weighted by atomic mass is 9.97. The number of allylic oxidation sites excluding steroid dienone is 2. The Morgan fingerprint density at radius 3 is 2.57 bits per heavy atom. The first-order chi connectivity index (χ1) is 13.5. The second-order valence-electron chi connectivity index (χ2n) is 6.79. The van der Waals surface area contributed by atoms with E-state index in [9.17, 15) is 0 Å². The van der Waals surface area contributed by atoms with Crippen LogP contribution >= 0.6 is 34.5 Å². The first-order valence-corrected chi connectivity index (χ1v) is 11.2. The van der Waals surface area contributed by atoms with Crippen LogP contribution in [0.1, 0.15) is 38.1 Å². The largest absolute Gasteiger partial charge is 0.378 e. The zero-order valence-electron chi connectivity index (χ0n) is 16.8. The summed E-state index contributed by atoms with van der Waals surface area (Å²) >= 11 is 14.6. The van der Waals surface area contributed by atoms with Gasteiger partial charge in [0.2, 0.25) is 0 Å². The number of hydrogen-bond acceptors (Lipinski definition) is 4. The number of halogens is 2. The number of benzene rings is 1. The van der Waals surface area contributed by atoms with Gasteiger partial charge in [0, 0.05) is 40.0 Å². The van der Waals surface area contributed by atoms with Gasteiger partial charge in [-0.1, -0.05) is 42.3 Å². The van der Waals surface area contributed by atoms with E-state index in [1.54, 1.807) is 11.3 Å². The van der Waals surface area contributed by atoms with E-state index >= 15 is 0 Å². The van der Waals surface area contributed by atoms with E-state index in [-0.39, 0.29) is 0 Å². The van der Waals surface area contributed by atoms with Crippen molar-refractivity contribution in [3.63, 3.8) is 0 Å². The molecule has 0 saturated carbocycles. The predicted molar refractivity (Wildman–Crippen MR) is 124 cm³/mol. The molecule has 0 atom stereocenters. The van der Waals surface area contributed by atoms with Crippen molar-refractivity contribution < 1.29 is 4.74 Å². The normalized spacial score (nSPS) is 16.0. The summed E-state index contributed by atoms with van der Waals surface area (Å²) in [5, 5.41) is 2.62. The molecule has 2 aromatic rings. The van der Waals surface area contributed by atoms with Crippen LogP contribution in [0.3, 0.4) is 0 Å². The molecule has 0 amide bonds. The molecule has 1 saturated heterocycles. The highest BCUT2D eigenvalue weighted by atomic mass is 35.5. The maximum atomic E-state index is 6.63. The van der Waals surface area contributed by atoms with Crippen LogP contribution in [-0.4, -0.2) is 32.0 Å². The van der Waals surface area contributed by atoms with Crippen LogP contribution in [0, 0.1) is 0 Å². The summed E-state index contributed by atoms with van der Waals surface area (Å²) in [6, 6.07) is 5.74. The van der Waals surface area contributed by atoms with Gasteiger partial charge in [-0.05, 0) is 44.9 Å². The van der Waals surface area contributed by atoms with Gasteiger partial charge in [-0.25, -0.2) is 0 Å². The molecule has 0 N–H and O–H groups in total. The fourth-order valence-corrected chi connectivity index (χ4v) is 5.32. The Morgan fingerprint density at radius 2 is 1.96 bits per heavy atom. The molecular formula is C22H26Cl2N2OS. The number of nitrogens with zero attached hydrogens (tertiary/aromatic N) is 2. The third kappa shape index (κ3) is 4.46. The zero-order chi connectivity index (χ0) is 20.3. The highest BCUT2D eigenvalue weighted by Gasteiger charge is 2.25. The van der Waals surface area contributed by atoms with Crippen LogP contribution in [-0.2, 0) is 11.2 Å². The lowest BCUT2D eigenvalue weighted by Gasteiger charge is -2.28. The SMILES string of the molecule is C/C=C(C)\N=C(/C)c1sc(N2CCOCC2)c(CC)c1-c1ccc(Cl)cc1Cl. The minimum Gasteiger partial charge on any atom is -0.378 e. The molecule has 1 aromatic carbocycles. The maximum absolute atomic E-state index is 6.63. The molecule has 6 heteroatoms. The predicted octanol–water partition coefficient (Wildman–Crippen LogP) is 6.85. The molecule has 3 rings (SSSR count). The topological polar surface area (TPSA) is 24.8 Å². The van der Waals surface area contributed by atoms with Crippen LogP contribution < -0.4 is 4.90 Å². The Labute approximate surface area is 181 Å². The second kappa shape index (κ2) is 9.45. The van der Waals surface area contributed by atoms with E-state index in [0.29, 0.717) is 10.0 Å². The molecule has 150 valence electrons. The van der Waals surface area contributed by atoms with Crippen molar-refractivity contribution >= 4 is 45.3 Å². The van der Waals surface area contributed by atoms with Crippen molar-refractivity contribution in [1.82, 2.24) is 0 Å². The average Bonchev–Trinajstić information content (AvgIpc) is 3.08. The first kappa shape index (κ1) is 21.4. The summed E-state index contributed by atoms with van der Waals surface area (Å²) in [7, 11) is 0. The zero-order valence-corrected chi connectivity index (χ0v) is 19.1. The number of morpholine rings is 1. The summed E-state index contributed by atoms with van der Waals surface area (Å²) in [6.07, 6.45) is 2.95. The summed E-state index contributed by atoms with van der Waals surface area (Å²) in [4.78, 5) is 8.41. The number of aliphatic imine (C=N–C) groups is 1. The minimum absolute atomic E-state index is 0.645. The smallest absolute Gasteiger partial charge is 0.0955 e. The molecule has 1 aliphatic rings. The number of thiophene rings is 1. The van der Waals surface area contributed by atoms with Crippen LogP contribution in [0.2, 0.25) is 10.0 Å². The fourth-order valence-electron chi connectivity index (χ4n) is 3.41. The number of ether oxygens (including phenoxy) is 1. The van der Waals surface area contributed by atoms with Crippen molar-refractivity contribution in [3.05, 3.63) is 50.5 Å². The molecule has 1 fully saturated rings. The standard InChI is InChI=1S/C22H26Cl2N2OS/c1-5-14(3)25-15(4)21-20(18-8-7-16(23)13-19(18)24)17(6-2)22(28-21)26-9-11-27-12-10-26/h5,7-8,13H,6,9-12H2,1-4H3/b14-5-,25-15+. The van der Waals surface area contributed by atoms with Gasteiger partial charge in [0.05, 0.1) is 28.8 Å². The summed E-state index contributed by atoms with van der Waals surface area (Å²) in [6.45, 7) is 11.7. The van der Waals surface area contributed by atoms with E-state index in [2.05, 4.69) is 18.7 Å². The molecule has 0 unspecified atom stereocenters. The summed E-state index contributed by atoms with van der Waals surface area (Å²) in [5.41, 5.74) is 5.53. The third-order valence-corrected chi connectivity index (χ3v) is 6.88. The summed E-state index contributed by atoms with van der Waals surface area (Å²) < 4.78 is 5.56. The molecule has 0 aliphatic carbocycles. The quantitative estimate of drug-likeness (QED) is 0.478. The molecule has 1 aromatic heterocycles. The van der Waals surface area contributed by atoms with Crippen molar-refractivity contribution in [2.45, 2.75) is 34.1 Å². The van der Waals surface area contributed by atoms with Gasteiger partial charge in [0.1, 0.15) is 0 Å². The molecular weight excluding hydrogens is 411 g/mol. The number of rotatable bonds is 5. The van der Waals surface area contributed by atoms with Gasteiger partial charge in [0.25, 0.3) is 0 Å². The molecule has 0 radical (unpaired) electrons. The van der Waals surface area contributed by atoms with Crippen molar-refractivity contribution in [2.24, 2.45) is 4.99 Å². The van der Waals surface area contributed by atoms with Crippen molar-refractivity contribution in [1.29, 1.82) is 0 Å². The Hall–Kier alpha value is -1.33. The second-order valence-corrected chi connectivity index (χ2v) is 8.64. The summed E-state index contributed by atoms with van der Waals surface area (Å²) in [5.74, 6) is 0. The molecule has 1 aliphatic heterocycles. The minimum atomic E-state index is 0.645. The van der Waals surface area contributed by atoms with Crippen LogP contribution in [0.25, 0.3) is 11.1 Å². The van der Waals surface area contributed by atoms with Crippen LogP contribution in [0.5, 0.6) is 0 Å². The number of anilines is 1. The van der Waals surface area contributed by atoms with Gasteiger partial charge in [0.15, 0.2) is 0 Å². The van der Waals surface area contributed by atoms with Crippen LogP contribution in [0.4, 0.5) is 5.00 Å². The molecule has 3 nitrogen and oxygen atoms in total. The highest BCUT2D eigenvalue weighted by molar-refractivity contribution is 7.19. The lowest BCUT2D eigenvalue weighted by Crippen LogP contribution is -2.36. The third-order valence-electron chi connectivity index (χ3n) is 4.93. The Bertz CT molecular complexity index is 912. The monoisotopic (exact) mass is 436 g/mol. The van der Waals surface area contributed by atoms with E-state index in [4.69, 9.17) is 32.9 Å². The number of hydrogen-bond donors (Lipinski definition) is 0. The van der Waals surface area contributed by atoms with Crippen molar-refractivity contribution in [2.75, 3.05) is 31.2 Å². The lowest BCUT2D eigenvalue weighted by molar-refractivity contribution is 0.123. The van der Waals surface area contributed by atoms with Gasteiger partial charge < -0.3 is 9.64 Å². The van der Waals surface area contributed by atoms with Gasteiger partial charge >= 0.3 is 0 Å². The molecule has 2 heterocycles. The molecule has 28 heavy (non-hydrogen) atoms. The Kier molecular flexibility index (Phi) is 7.21. The van der Waals surface area contributed by atoms with Gasteiger partial charge in [-0.2, -0.15) is 0 Å². The molecule has 0 bridgehead atoms. The van der Waals surface area contributed by atoms with Gasteiger partial charge in [-0.3, -0.25) is 4.99 Å². The Morgan fingerprint density at radius 1 is 1.25 bits per heavy atom. The first-order valence-electron chi connectivity index (χ1n) is 9.58. The van der Waals surface area contributed by atoms with E-state index in [0.717, 1.165) is 49.7 Å². The van der Waals surface area contributed by atoms with Crippen LogP contribution in [0.15, 0.2) is 35.0 Å². The molecule has 0 spiro atoms. The van der Waals surface area contributed by atoms with E-state index in [1.807, 2.05) is 38.1 Å². The van der Waals surface area contributed by atoms with Gasteiger partial charge in [-0.15, -0.1) is 11.3 Å². The Balaban J connectivity index is 2.24. The fraction of sp³-hybridized carbons (Fsp3) is 0.409. The maximum Gasteiger partial charge on any atom is 0.0955 e. The van der Waals surface area contributed by atoms with E-state index < -0.39 is 0 Å². The van der Waals surface area contributed by atoms with Crippen molar-refractivity contribution in [3.8, 4) is 11.1 Å². The average molecular weight is 437 g/mol. The highest BCUT2D eigenvalue weighted by Crippen LogP contribution is 2.45. The van der Waals surface area contributed by atoms with E-state index in [1.165, 1.54) is 21.0 Å².